The van der Waals surface area contributed by atoms with Crippen molar-refractivity contribution < 1.29 is 0 Å². The van der Waals surface area contributed by atoms with E-state index in [1.54, 1.807) is 0 Å². The number of anilines is 2. The minimum Gasteiger partial charge on any atom is -0.384 e. The molecule has 0 spiro atoms. The monoisotopic (exact) mass is 247 g/mol. The highest BCUT2D eigenvalue weighted by Crippen LogP contribution is 2.33. The maximum atomic E-state index is 5.92. The van der Waals surface area contributed by atoms with E-state index in [0.717, 1.165) is 24.7 Å². The third-order valence-electron chi connectivity index (χ3n) is 4.08. The van der Waals surface area contributed by atoms with Crippen LogP contribution in [0.5, 0.6) is 0 Å². The van der Waals surface area contributed by atoms with Gasteiger partial charge in [0, 0.05) is 31.1 Å². The van der Waals surface area contributed by atoms with Crippen molar-refractivity contribution in [2.24, 2.45) is 0 Å². The molecule has 1 saturated carbocycles. The quantitative estimate of drug-likeness (QED) is 0.838. The van der Waals surface area contributed by atoms with Crippen molar-refractivity contribution >= 4 is 11.6 Å². The number of hydrogen-bond donors (Lipinski definition) is 2. The maximum absolute atomic E-state index is 5.92. The van der Waals surface area contributed by atoms with Gasteiger partial charge in [0.25, 0.3) is 0 Å². The Bertz CT molecular complexity index is 421. The highest BCUT2D eigenvalue weighted by molar-refractivity contribution is 5.49. The summed E-state index contributed by atoms with van der Waals surface area (Å²) >= 11 is 0. The van der Waals surface area contributed by atoms with Crippen LogP contribution in [0.1, 0.15) is 37.4 Å². The van der Waals surface area contributed by atoms with Gasteiger partial charge in [-0.05, 0) is 19.9 Å². The predicted octanol–water partition coefficient (Wildman–Crippen LogP) is 1.12. The molecule has 5 nitrogen and oxygen atoms in total. The Morgan fingerprint density at radius 2 is 2.00 bits per heavy atom. The zero-order chi connectivity index (χ0) is 12.5. The van der Waals surface area contributed by atoms with Gasteiger partial charge in [0.15, 0.2) is 0 Å². The first-order valence-electron chi connectivity index (χ1n) is 6.83. The van der Waals surface area contributed by atoms with E-state index in [2.05, 4.69) is 15.2 Å². The van der Waals surface area contributed by atoms with Crippen molar-refractivity contribution in [1.82, 2.24) is 15.3 Å². The molecule has 0 amide bonds. The van der Waals surface area contributed by atoms with Crippen LogP contribution in [0.25, 0.3) is 0 Å². The lowest BCUT2D eigenvalue weighted by Gasteiger charge is -2.40. The van der Waals surface area contributed by atoms with Crippen LogP contribution < -0.4 is 16.0 Å². The van der Waals surface area contributed by atoms with Gasteiger partial charge in [0.05, 0.1) is 0 Å². The van der Waals surface area contributed by atoms with E-state index in [0.29, 0.717) is 17.8 Å². The molecule has 5 heteroatoms. The molecule has 3 rings (SSSR count). The zero-order valence-corrected chi connectivity index (χ0v) is 10.9. The van der Waals surface area contributed by atoms with Gasteiger partial charge in [-0.3, -0.25) is 0 Å². The molecule has 2 fully saturated rings. The summed E-state index contributed by atoms with van der Waals surface area (Å²) in [6, 6.07) is 2.47. The lowest BCUT2D eigenvalue weighted by Crippen LogP contribution is -2.57. The molecule has 0 bridgehead atoms. The summed E-state index contributed by atoms with van der Waals surface area (Å²) < 4.78 is 0. The second-order valence-corrected chi connectivity index (χ2v) is 5.38. The van der Waals surface area contributed by atoms with E-state index >= 15 is 0 Å². The van der Waals surface area contributed by atoms with Crippen LogP contribution in [0.3, 0.4) is 0 Å². The van der Waals surface area contributed by atoms with Crippen molar-refractivity contribution in [2.75, 3.05) is 30.8 Å². The summed E-state index contributed by atoms with van der Waals surface area (Å²) in [5.41, 5.74) is 5.92. The van der Waals surface area contributed by atoms with Gasteiger partial charge in [-0.15, -0.1) is 0 Å². The SMILES string of the molecule is CNC1CN(c2cc(N)nc(C3CCCC3)n2)C1. The summed E-state index contributed by atoms with van der Waals surface area (Å²) in [7, 11) is 2.00. The Labute approximate surface area is 108 Å². The minimum absolute atomic E-state index is 0.522. The first-order valence-corrected chi connectivity index (χ1v) is 6.83. The average molecular weight is 247 g/mol. The van der Waals surface area contributed by atoms with Crippen molar-refractivity contribution in [3.05, 3.63) is 11.9 Å². The standard InChI is InChI=1S/C13H21N5/c1-15-10-7-18(8-10)12-6-11(14)16-13(17-12)9-4-2-3-5-9/h6,9-10,15H,2-5,7-8H2,1H3,(H2,14,16,17). The summed E-state index contributed by atoms with van der Waals surface area (Å²) in [5.74, 6) is 3.08. The van der Waals surface area contributed by atoms with E-state index in [1.807, 2.05) is 13.1 Å². The molecule has 0 radical (unpaired) electrons. The van der Waals surface area contributed by atoms with Crippen LogP contribution in [-0.2, 0) is 0 Å². The number of likely N-dealkylation sites (N-methyl/N-ethyl adjacent to an activating group) is 1. The van der Waals surface area contributed by atoms with Crippen molar-refractivity contribution in [1.29, 1.82) is 0 Å². The number of nitrogens with two attached hydrogens (primary N) is 1. The second-order valence-electron chi connectivity index (χ2n) is 5.38. The molecule has 2 aliphatic rings. The molecule has 98 valence electrons. The minimum atomic E-state index is 0.522. The highest BCUT2D eigenvalue weighted by atomic mass is 15.3. The number of nitrogen functional groups attached to an aromatic ring is 1. The highest BCUT2D eigenvalue weighted by Gasteiger charge is 2.28. The van der Waals surface area contributed by atoms with Gasteiger partial charge in [0.1, 0.15) is 17.5 Å². The topological polar surface area (TPSA) is 67.1 Å². The van der Waals surface area contributed by atoms with Crippen molar-refractivity contribution in [3.63, 3.8) is 0 Å². The average Bonchev–Trinajstić information content (AvgIpc) is 2.80. The molecule has 1 aliphatic heterocycles. The normalized spacial score (nSPS) is 21.3. The van der Waals surface area contributed by atoms with E-state index < -0.39 is 0 Å². The van der Waals surface area contributed by atoms with Crippen LogP contribution in [0.2, 0.25) is 0 Å². The number of hydrogen-bond acceptors (Lipinski definition) is 5. The Balaban J connectivity index is 1.78. The summed E-state index contributed by atoms with van der Waals surface area (Å²) in [5, 5.41) is 3.27. The molecule has 2 heterocycles. The number of aromatic nitrogens is 2. The first-order chi connectivity index (χ1) is 8.76. The third kappa shape index (κ3) is 2.14. The smallest absolute Gasteiger partial charge is 0.136 e. The summed E-state index contributed by atoms with van der Waals surface area (Å²) in [6.07, 6.45) is 5.01. The second kappa shape index (κ2) is 4.72. The molecule has 1 aliphatic carbocycles. The number of nitrogens with one attached hydrogen (secondary N) is 1. The van der Waals surface area contributed by atoms with Gasteiger partial charge in [-0.25, -0.2) is 9.97 Å². The van der Waals surface area contributed by atoms with Gasteiger partial charge in [0.2, 0.25) is 0 Å². The van der Waals surface area contributed by atoms with Gasteiger partial charge < -0.3 is 16.0 Å². The Kier molecular flexibility index (Phi) is 3.07. The largest absolute Gasteiger partial charge is 0.384 e. The lowest BCUT2D eigenvalue weighted by molar-refractivity contribution is 0.446. The first kappa shape index (κ1) is 11.7. The zero-order valence-electron chi connectivity index (χ0n) is 10.9. The van der Waals surface area contributed by atoms with Gasteiger partial charge in [-0.2, -0.15) is 0 Å². The van der Waals surface area contributed by atoms with Crippen molar-refractivity contribution in [3.8, 4) is 0 Å². The Morgan fingerprint density at radius 3 is 2.67 bits per heavy atom. The van der Waals surface area contributed by atoms with Crippen LogP contribution in [0.4, 0.5) is 11.6 Å². The molecule has 3 N–H and O–H groups in total. The van der Waals surface area contributed by atoms with Crippen LogP contribution in [0, 0.1) is 0 Å². The van der Waals surface area contributed by atoms with E-state index in [9.17, 15) is 0 Å². The van der Waals surface area contributed by atoms with Crippen LogP contribution in [-0.4, -0.2) is 36.1 Å². The predicted molar refractivity (Wildman–Crippen MR) is 72.7 cm³/mol. The molecule has 0 unspecified atom stereocenters. The van der Waals surface area contributed by atoms with E-state index in [4.69, 9.17) is 10.7 Å². The Hall–Kier alpha value is -1.36. The Morgan fingerprint density at radius 1 is 1.28 bits per heavy atom. The maximum Gasteiger partial charge on any atom is 0.136 e. The molecular weight excluding hydrogens is 226 g/mol. The fourth-order valence-electron chi connectivity index (χ4n) is 2.85. The fourth-order valence-corrected chi connectivity index (χ4v) is 2.85. The molecule has 0 atom stereocenters. The van der Waals surface area contributed by atoms with Gasteiger partial charge in [-0.1, -0.05) is 12.8 Å². The number of nitrogens with zero attached hydrogens (tertiary/aromatic N) is 3. The third-order valence-corrected chi connectivity index (χ3v) is 4.08. The van der Waals surface area contributed by atoms with E-state index in [-0.39, 0.29) is 0 Å². The molecule has 0 aromatic carbocycles. The summed E-state index contributed by atoms with van der Waals surface area (Å²) in [4.78, 5) is 11.4. The molecule has 18 heavy (non-hydrogen) atoms. The molecule has 1 aromatic heterocycles. The molecule has 1 saturated heterocycles. The van der Waals surface area contributed by atoms with E-state index in [1.165, 1.54) is 25.7 Å². The summed E-state index contributed by atoms with van der Waals surface area (Å²) in [6.45, 7) is 2.02. The van der Waals surface area contributed by atoms with Gasteiger partial charge >= 0.3 is 0 Å². The van der Waals surface area contributed by atoms with Crippen molar-refractivity contribution in [2.45, 2.75) is 37.6 Å². The fraction of sp³-hybridized carbons (Fsp3) is 0.692. The lowest BCUT2D eigenvalue weighted by atomic mass is 10.1. The van der Waals surface area contributed by atoms with Crippen LogP contribution in [0.15, 0.2) is 6.07 Å². The number of rotatable bonds is 3. The molecule has 1 aromatic rings. The van der Waals surface area contributed by atoms with Crippen LogP contribution >= 0.6 is 0 Å². The molecular formula is C13H21N5.